The van der Waals surface area contributed by atoms with Crippen LogP contribution in [0.3, 0.4) is 0 Å². The Labute approximate surface area is 92.3 Å². The molecule has 0 spiro atoms. The minimum Gasteiger partial charge on any atom is -0.480 e. The molecule has 16 heavy (non-hydrogen) atoms. The van der Waals surface area contributed by atoms with Crippen LogP contribution >= 0.6 is 0 Å². The van der Waals surface area contributed by atoms with Crippen LogP contribution in [0.25, 0.3) is 0 Å². The summed E-state index contributed by atoms with van der Waals surface area (Å²) in [4.78, 5) is 28.5. The van der Waals surface area contributed by atoms with Gasteiger partial charge in [0.25, 0.3) is 0 Å². The SMILES string of the molecule is CNC(Cc1cnc[nH]1)C(=O)NCC(=O)O. The summed E-state index contributed by atoms with van der Waals surface area (Å²) >= 11 is 0. The molecule has 0 aliphatic carbocycles. The number of aromatic amines is 1. The number of amides is 1. The number of imidazole rings is 1. The van der Waals surface area contributed by atoms with Gasteiger partial charge in [-0.25, -0.2) is 4.98 Å². The van der Waals surface area contributed by atoms with E-state index < -0.39 is 12.0 Å². The number of hydrogen-bond acceptors (Lipinski definition) is 4. The molecule has 0 saturated carbocycles. The van der Waals surface area contributed by atoms with E-state index >= 15 is 0 Å². The maximum absolute atomic E-state index is 11.5. The van der Waals surface area contributed by atoms with Gasteiger partial charge in [-0.15, -0.1) is 0 Å². The van der Waals surface area contributed by atoms with Crippen molar-refractivity contribution >= 4 is 11.9 Å². The number of aliphatic carboxylic acids is 1. The van der Waals surface area contributed by atoms with Crippen LogP contribution in [-0.4, -0.2) is 46.6 Å². The topological polar surface area (TPSA) is 107 Å². The lowest BCUT2D eigenvalue weighted by Crippen LogP contribution is -2.45. The van der Waals surface area contributed by atoms with Gasteiger partial charge in [0.05, 0.1) is 12.4 Å². The van der Waals surface area contributed by atoms with Crippen LogP contribution in [0.5, 0.6) is 0 Å². The first-order chi connectivity index (χ1) is 7.63. The van der Waals surface area contributed by atoms with Crippen LogP contribution < -0.4 is 10.6 Å². The van der Waals surface area contributed by atoms with Crippen molar-refractivity contribution in [2.24, 2.45) is 0 Å². The Kier molecular flexibility index (Phi) is 4.46. The van der Waals surface area contributed by atoms with Gasteiger partial charge in [0, 0.05) is 18.3 Å². The fraction of sp³-hybridized carbons (Fsp3) is 0.444. The lowest BCUT2D eigenvalue weighted by atomic mass is 10.1. The first kappa shape index (κ1) is 12.2. The van der Waals surface area contributed by atoms with Gasteiger partial charge in [-0.1, -0.05) is 0 Å². The molecule has 1 rings (SSSR count). The van der Waals surface area contributed by atoms with Crippen LogP contribution in [0.15, 0.2) is 12.5 Å². The van der Waals surface area contributed by atoms with E-state index in [0.29, 0.717) is 6.42 Å². The Morgan fingerprint density at radius 3 is 2.88 bits per heavy atom. The average molecular weight is 226 g/mol. The lowest BCUT2D eigenvalue weighted by molar-refractivity contribution is -0.138. The first-order valence-electron chi connectivity index (χ1n) is 4.77. The van der Waals surface area contributed by atoms with Gasteiger partial charge in [0.15, 0.2) is 0 Å². The maximum Gasteiger partial charge on any atom is 0.322 e. The van der Waals surface area contributed by atoms with Gasteiger partial charge in [-0.05, 0) is 7.05 Å². The second-order valence-corrected chi connectivity index (χ2v) is 3.23. The molecule has 0 bridgehead atoms. The van der Waals surface area contributed by atoms with Crippen molar-refractivity contribution in [1.29, 1.82) is 0 Å². The zero-order valence-electron chi connectivity index (χ0n) is 8.86. The van der Waals surface area contributed by atoms with E-state index in [0.717, 1.165) is 5.69 Å². The predicted molar refractivity (Wildman–Crippen MR) is 55.8 cm³/mol. The zero-order chi connectivity index (χ0) is 12.0. The quantitative estimate of drug-likeness (QED) is 0.484. The van der Waals surface area contributed by atoms with E-state index in [2.05, 4.69) is 20.6 Å². The number of aromatic nitrogens is 2. The van der Waals surface area contributed by atoms with Crippen molar-refractivity contribution in [1.82, 2.24) is 20.6 Å². The number of rotatable bonds is 6. The first-order valence-corrected chi connectivity index (χ1v) is 4.77. The van der Waals surface area contributed by atoms with Crippen molar-refractivity contribution in [3.05, 3.63) is 18.2 Å². The summed E-state index contributed by atoms with van der Waals surface area (Å²) in [7, 11) is 1.64. The number of carboxylic acid groups (broad SMARTS) is 1. The molecule has 1 aromatic rings. The summed E-state index contributed by atoms with van der Waals surface area (Å²) in [6.07, 6.45) is 3.58. The van der Waals surface area contributed by atoms with Gasteiger partial charge in [-0.2, -0.15) is 0 Å². The molecule has 1 aromatic heterocycles. The molecule has 4 N–H and O–H groups in total. The van der Waals surface area contributed by atoms with Gasteiger partial charge in [0.2, 0.25) is 5.91 Å². The number of H-pyrrole nitrogens is 1. The molecule has 0 saturated heterocycles. The minimum absolute atomic E-state index is 0.348. The number of nitrogens with zero attached hydrogens (tertiary/aromatic N) is 1. The van der Waals surface area contributed by atoms with E-state index in [4.69, 9.17) is 5.11 Å². The van der Waals surface area contributed by atoms with Crippen molar-refractivity contribution in [3.8, 4) is 0 Å². The summed E-state index contributed by atoms with van der Waals surface area (Å²) in [5, 5.41) is 13.5. The fourth-order valence-corrected chi connectivity index (χ4v) is 1.23. The second-order valence-electron chi connectivity index (χ2n) is 3.23. The minimum atomic E-state index is -1.07. The monoisotopic (exact) mass is 226 g/mol. The Morgan fingerprint density at radius 1 is 1.62 bits per heavy atom. The zero-order valence-corrected chi connectivity index (χ0v) is 8.86. The molecule has 1 heterocycles. The second kappa shape index (κ2) is 5.86. The third kappa shape index (κ3) is 3.70. The molecule has 1 unspecified atom stereocenters. The van der Waals surface area contributed by atoms with Gasteiger partial charge >= 0.3 is 5.97 Å². The van der Waals surface area contributed by atoms with E-state index in [1.807, 2.05) is 0 Å². The number of carbonyl (C=O) groups excluding carboxylic acids is 1. The standard InChI is InChI=1S/C9H14N4O3/c1-10-7(2-6-3-11-5-13-6)9(16)12-4-8(14)15/h3,5,7,10H,2,4H2,1H3,(H,11,13)(H,12,16)(H,14,15). The van der Waals surface area contributed by atoms with Crippen LogP contribution in [0.4, 0.5) is 0 Å². The van der Waals surface area contributed by atoms with Gasteiger partial charge in [0.1, 0.15) is 6.54 Å². The summed E-state index contributed by atoms with van der Waals surface area (Å²) < 4.78 is 0. The number of carbonyl (C=O) groups is 2. The molecular weight excluding hydrogens is 212 g/mol. The van der Waals surface area contributed by atoms with Crippen LogP contribution in [0.1, 0.15) is 5.69 Å². The normalized spacial score (nSPS) is 12.1. The number of likely N-dealkylation sites (N-methyl/N-ethyl adjacent to an activating group) is 1. The molecule has 7 nitrogen and oxygen atoms in total. The number of carboxylic acids is 1. The third-order valence-corrected chi connectivity index (χ3v) is 2.06. The van der Waals surface area contributed by atoms with Crippen molar-refractivity contribution < 1.29 is 14.7 Å². The average Bonchev–Trinajstić information content (AvgIpc) is 2.75. The van der Waals surface area contributed by atoms with Crippen LogP contribution in [0, 0.1) is 0 Å². The summed E-state index contributed by atoms with van der Waals surface area (Å²) in [5.41, 5.74) is 0.810. The van der Waals surface area contributed by atoms with E-state index in [1.165, 1.54) is 6.33 Å². The highest BCUT2D eigenvalue weighted by atomic mass is 16.4. The summed E-state index contributed by atoms with van der Waals surface area (Å²) in [6, 6.07) is -0.472. The largest absolute Gasteiger partial charge is 0.480 e. The predicted octanol–water partition coefficient (Wildman–Crippen LogP) is -1.26. The third-order valence-electron chi connectivity index (χ3n) is 2.06. The lowest BCUT2D eigenvalue weighted by Gasteiger charge is -2.14. The number of nitrogens with one attached hydrogen (secondary N) is 3. The highest BCUT2D eigenvalue weighted by Gasteiger charge is 2.17. The summed E-state index contributed by atoms with van der Waals surface area (Å²) in [6.45, 7) is -0.375. The molecular formula is C9H14N4O3. The van der Waals surface area contributed by atoms with E-state index in [9.17, 15) is 9.59 Å². The highest BCUT2D eigenvalue weighted by molar-refractivity contribution is 5.85. The molecule has 0 aliphatic heterocycles. The molecule has 7 heteroatoms. The van der Waals surface area contributed by atoms with Gasteiger partial charge in [-0.3, -0.25) is 9.59 Å². The Balaban J connectivity index is 2.47. The Hall–Kier alpha value is -1.89. The smallest absolute Gasteiger partial charge is 0.322 e. The molecule has 0 aromatic carbocycles. The van der Waals surface area contributed by atoms with Crippen molar-refractivity contribution in [3.63, 3.8) is 0 Å². The Bertz CT molecular complexity index is 350. The van der Waals surface area contributed by atoms with Crippen molar-refractivity contribution in [2.45, 2.75) is 12.5 Å². The molecule has 1 amide bonds. The van der Waals surface area contributed by atoms with E-state index in [1.54, 1.807) is 13.2 Å². The van der Waals surface area contributed by atoms with Crippen molar-refractivity contribution in [2.75, 3.05) is 13.6 Å². The molecule has 0 aliphatic rings. The molecule has 88 valence electrons. The molecule has 1 atom stereocenters. The maximum atomic E-state index is 11.5. The number of hydrogen-bond donors (Lipinski definition) is 4. The van der Waals surface area contributed by atoms with E-state index in [-0.39, 0.29) is 12.5 Å². The highest BCUT2D eigenvalue weighted by Crippen LogP contribution is 1.97. The Morgan fingerprint density at radius 2 is 2.38 bits per heavy atom. The van der Waals surface area contributed by atoms with Gasteiger partial charge < -0.3 is 20.7 Å². The molecule has 0 fully saturated rings. The molecule has 0 radical (unpaired) electrons. The van der Waals surface area contributed by atoms with Crippen LogP contribution in [0.2, 0.25) is 0 Å². The summed E-state index contributed by atoms with van der Waals surface area (Å²) in [5.74, 6) is -1.41. The van der Waals surface area contributed by atoms with Crippen LogP contribution in [-0.2, 0) is 16.0 Å². The fourth-order valence-electron chi connectivity index (χ4n) is 1.23.